The van der Waals surface area contributed by atoms with Gasteiger partial charge in [-0.1, -0.05) is 30.3 Å². The van der Waals surface area contributed by atoms with Gasteiger partial charge < -0.3 is 9.80 Å². The van der Waals surface area contributed by atoms with Crippen LogP contribution >= 0.6 is 0 Å². The molecular weight excluding hydrogens is 307 g/mol. The Labute approximate surface area is 139 Å². The van der Waals surface area contributed by atoms with Crippen LogP contribution in [-0.2, 0) is 10.2 Å². The number of likely N-dealkylation sites (tertiary alicyclic amines) is 1. The van der Waals surface area contributed by atoms with Gasteiger partial charge >= 0.3 is 0 Å². The Balaban J connectivity index is 1.69. The van der Waals surface area contributed by atoms with Crippen LogP contribution in [0.4, 0.5) is 10.1 Å². The van der Waals surface area contributed by atoms with E-state index in [1.165, 1.54) is 12.1 Å². The lowest BCUT2D eigenvalue weighted by Gasteiger charge is -2.23. The number of hydrogen-bond acceptors (Lipinski definition) is 2. The summed E-state index contributed by atoms with van der Waals surface area (Å²) in [6, 6.07) is 13.7. The quantitative estimate of drug-likeness (QED) is 0.809. The van der Waals surface area contributed by atoms with Crippen LogP contribution in [-0.4, -0.2) is 36.9 Å². The molecule has 5 heteroatoms. The highest BCUT2D eigenvalue weighted by Gasteiger charge is 2.54. The van der Waals surface area contributed by atoms with Crippen molar-refractivity contribution in [3.8, 4) is 0 Å². The summed E-state index contributed by atoms with van der Waals surface area (Å²) in [6.45, 7) is 0.738. The first-order valence-electron chi connectivity index (χ1n) is 7.96. The number of halogens is 1. The topological polar surface area (TPSA) is 40.6 Å². The molecule has 1 fully saturated rings. The van der Waals surface area contributed by atoms with Gasteiger partial charge in [0.1, 0.15) is 5.82 Å². The zero-order valence-corrected chi connectivity index (χ0v) is 13.3. The summed E-state index contributed by atoms with van der Waals surface area (Å²) < 4.78 is 13.9. The molecule has 2 amide bonds. The second kappa shape index (κ2) is 5.16. The van der Waals surface area contributed by atoms with Crippen molar-refractivity contribution in [2.45, 2.75) is 11.8 Å². The number of benzene rings is 2. The third-order valence-corrected chi connectivity index (χ3v) is 5.16. The van der Waals surface area contributed by atoms with E-state index in [9.17, 15) is 14.0 Å². The van der Waals surface area contributed by atoms with Crippen molar-refractivity contribution in [1.29, 1.82) is 0 Å². The summed E-state index contributed by atoms with van der Waals surface area (Å²) in [5, 5.41) is 0. The Kier molecular flexibility index (Phi) is 3.20. The lowest BCUT2D eigenvalue weighted by Crippen LogP contribution is -2.42. The number of nitrogens with zero attached hydrogens (tertiary/aromatic N) is 2. The maximum absolute atomic E-state index is 13.9. The van der Waals surface area contributed by atoms with E-state index >= 15 is 0 Å². The number of likely N-dealkylation sites (N-methyl/N-ethyl adjacent to an activating group) is 1. The van der Waals surface area contributed by atoms with Crippen molar-refractivity contribution in [3.05, 3.63) is 65.5 Å². The maximum Gasteiger partial charge on any atom is 0.256 e. The van der Waals surface area contributed by atoms with Crippen LogP contribution in [0.2, 0.25) is 0 Å². The standard InChI is InChI=1S/C19H17FN2O2/c1-21-16-9-5-3-7-14(16)19(18(21)24)10-11-22(12-19)17(23)13-6-2-4-8-15(13)20/h2-9H,10-12H2,1H3. The zero-order chi connectivity index (χ0) is 16.9. The lowest BCUT2D eigenvalue weighted by molar-refractivity contribution is -0.122. The Morgan fingerprint density at radius 3 is 2.62 bits per heavy atom. The SMILES string of the molecule is CN1C(=O)C2(CCN(C(=O)c3ccccc3F)C2)c2ccccc21. The molecule has 2 aromatic rings. The number of para-hydroxylation sites is 1. The van der Waals surface area contributed by atoms with Gasteiger partial charge in [-0.3, -0.25) is 9.59 Å². The van der Waals surface area contributed by atoms with Gasteiger partial charge in [-0.15, -0.1) is 0 Å². The molecule has 2 aliphatic rings. The van der Waals surface area contributed by atoms with Crippen LogP contribution in [0.5, 0.6) is 0 Å². The summed E-state index contributed by atoms with van der Waals surface area (Å²) in [5.41, 5.74) is 1.21. The fraction of sp³-hybridized carbons (Fsp3) is 0.263. The molecule has 24 heavy (non-hydrogen) atoms. The number of hydrogen-bond donors (Lipinski definition) is 0. The van der Waals surface area contributed by atoms with Gasteiger partial charge in [0.25, 0.3) is 5.91 Å². The number of anilines is 1. The van der Waals surface area contributed by atoms with Crippen molar-refractivity contribution < 1.29 is 14.0 Å². The predicted molar refractivity (Wildman–Crippen MR) is 88.5 cm³/mol. The Morgan fingerprint density at radius 1 is 1.12 bits per heavy atom. The second-order valence-corrected chi connectivity index (χ2v) is 6.42. The third kappa shape index (κ3) is 1.90. The van der Waals surface area contributed by atoms with E-state index in [2.05, 4.69) is 0 Å². The van der Waals surface area contributed by atoms with E-state index in [-0.39, 0.29) is 17.4 Å². The monoisotopic (exact) mass is 324 g/mol. The molecule has 1 saturated heterocycles. The molecular formula is C19H17FN2O2. The van der Waals surface area contributed by atoms with E-state index in [0.717, 1.165) is 11.3 Å². The molecule has 0 bridgehead atoms. The van der Waals surface area contributed by atoms with Crippen molar-refractivity contribution in [3.63, 3.8) is 0 Å². The summed E-state index contributed by atoms with van der Waals surface area (Å²) >= 11 is 0. The molecule has 122 valence electrons. The Bertz CT molecular complexity index is 851. The first-order valence-corrected chi connectivity index (χ1v) is 7.96. The molecule has 0 aromatic heterocycles. The summed E-state index contributed by atoms with van der Waals surface area (Å²) in [5.74, 6) is -0.879. The number of amides is 2. The second-order valence-electron chi connectivity index (χ2n) is 6.42. The fourth-order valence-corrected chi connectivity index (χ4v) is 3.90. The van der Waals surface area contributed by atoms with E-state index in [1.807, 2.05) is 24.3 Å². The average Bonchev–Trinajstić information content (AvgIpc) is 3.14. The van der Waals surface area contributed by atoms with Crippen molar-refractivity contribution in [2.24, 2.45) is 0 Å². The largest absolute Gasteiger partial charge is 0.337 e. The first kappa shape index (κ1) is 14.9. The van der Waals surface area contributed by atoms with Gasteiger partial charge in [-0.25, -0.2) is 4.39 Å². The van der Waals surface area contributed by atoms with Gasteiger partial charge in [0.05, 0.1) is 11.0 Å². The highest BCUT2D eigenvalue weighted by molar-refractivity contribution is 6.09. The highest BCUT2D eigenvalue weighted by atomic mass is 19.1. The molecule has 4 nitrogen and oxygen atoms in total. The smallest absolute Gasteiger partial charge is 0.256 e. The average molecular weight is 324 g/mol. The minimum absolute atomic E-state index is 0.00698. The molecule has 0 aliphatic carbocycles. The number of rotatable bonds is 1. The van der Waals surface area contributed by atoms with Crippen molar-refractivity contribution >= 4 is 17.5 Å². The highest BCUT2D eigenvalue weighted by Crippen LogP contribution is 2.46. The van der Waals surface area contributed by atoms with E-state index in [1.54, 1.807) is 29.0 Å². The molecule has 1 unspecified atom stereocenters. The molecule has 1 atom stereocenters. The van der Waals surface area contributed by atoms with Gasteiger partial charge in [-0.05, 0) is 30.2 Å². The van der Waals surface area contributed by atoms with Crippen LogP contribution in [0.25, 0.3) is 0 Å². The minimum Gasteiger partial charge on any atom is -0.337 e. The Hall–Kier alpha value is -2.69. The number of carbonyl (C=O) groups excluding carboxylic acids is 2. The zero-order valence-electron chi connectivity index (χ0n) is 13.3. The van der Waals surface area contributed by atoms with E-state index < -0.39 is 11.2 Å². The summed E-state index contributed by atoms with van der Waals surface area (Å²) in [7, 11) is 1.76. The molecule has 0 radical (unpaired) electrons. The lowest BCUT2D eigenvalue weighted by atomic mass is 9.81. The van der Waals surface area contributed by atoms with Crippen LogP contribution in [0.1, 0.15) is 22.3 Å². The third-order valence-electron chi connectivity index (χ3n) is 5.16. The Morgan fingerprint density at radius 2 is 1.83 bits per heavy atom. The van der Waals surface area contributed by atoms with Crippen molar-refractivity contribution in [1.82, 2.24) is 4.90 Å². The summed E-state index contributed by atoms with van der Waals surface area (Å²) in [6.07, 6.45) is 0.563. The molecule has 0 saturated carbocycles. The van der Waals surface area contributed by atoms with E-state index in [4.69, 9.17) is 0 Å². The fourth-order valence-electron chi connectivity index (χ4n) is 3.90. The van der Waals surface area contributed by atoms with Gasteiger partial charge in [0.2, 0.25) is 5.91 Å². The molecule has 2 aliphatic heterocycles. The molecule has 0 N–H and O–H groups in total. The molecule has 2 heterocycles. The van der Waals surface area contributed by atoms with Crippen LogP contribution in [0.15, 0.2) is 48.5 Å². The van der Waals surface area contributed by atoms with Crippen molar-refractivity contribution in [2.75, 3.05) is 25.0 Å². The number of carbonyl (C=O) groups is 2. The summed E-state index contributed by atoms with van der Waals surface area (Å²) in [4.78, 5) is 28.8. The molecule has 2 aromatic carbocycles. The molecule has 4 rings (SSSR count). The van der Waals surface area contributed by atoms with Gasteiger partial charge in [-0.2, -0.15) is 0 Å². The predicted octanol–water partition coefficient (Wildman–Crippen LogP) is 2.59. The molecule has 1 spiro atoms. The van der Waals surface area contributed by atoms with Crippen LogP contribution in [0.3, 0.4) is 0 Å². The van der Waals surface area contributed by atoms with Gasteiger partial charge in [0, 0.05) is 25.8 Å². The van der Waals surface area contributed by atoms with Gasteiger partial charge in [0.15, 0.2) is 0 Å². The van der Waals surface area contributed by atoms with E-state index in [0.29, 0.717) is 19.5 Å². The minimum atomic E-state index is -0.702. The number of fused-ring (bicyclic) bond motifs is 2. The first-order chi connectivity index (χ1) is 11.5. The van der Waals surface area contributed by atoms with Crippen LogP contribution < -0.4 is 4.90 Å². The van der Waals surface area contributed by atoms with Crippen LogP contribution in [0, 0.1) is 5.82 Å². The normalized spacial score (nSPS) is 22.3. The maximum atomic E-state index is 13.9.